The van der Waals surface area contributed by atoms with Gasteiger partial charge in [-0.3, -0.25) is 11.3 Å². The lowest BCUT2D eigenvalue weighted by atomic mass is 9.88. The van der Waals surface area contributed by atoms with Crippen molar-refractivity contribution >= 4 is 0 Å². The molecular formula is C18H22N2O. The van der Waals surface area contributed by atoms with Gasteiger partial charge < -0.3 is 4.74 Å². The number of fused-ring (bicyclic) bond motifs is 1. The monoisotopic (exact) mass is 282 g/mol. The van der Waals surface area contributed by atoms with Crippen LogP contribution in [0.15, 0.2) is 48.5 Å². The molecule has 3 N–H and O–H groups in total. The lowest BCUT2D eigenvalue weighted by Crippen LogP contribution is -2.32. The van der Waals surface area contributed by atoms with Crippen molar-refractivity contribution in [1.29, 1.82) is 0 Å². The molecule has 0 fully saturated rings. The van der Waals surface area contributed by atoms with Crippen molar-refractivity contribution in [3.63, 3.8) is 0 Å². The molecule has 1 aliphatic rings. The highest BCUT2D eigenvalue weighted by atomic mass is 16.5. The number of benzene rings is 2. The van der Waals surface area contributed by atoms with E-state index in [1.54, 1.807) is 0 Å². The fraction of sp³-hybridized carbons (Fsp3) is 0.333. The Morgan fingerprint density at radius 3 is 2.90 bits per heavy atom. The van der Waals surface area contributed by atoms with Crippen LogP contribution in [-0.2, 0) is 6.42 Å². The van der Waals surface area contributed by atoms with Crippen molar-refractivity contribution in [2.45, 2.75) is 31.7 Å². The van der Waals surface area contributed by atoms with E-state index in [2.05, 4.69) is 41.8 Å². The first kappa shape index (κ1) is 14.1. The molecule has 0 saturated heterocycles. The van der Waals surface area contributed by atoms with Gasteiger partial charge in [-0.25, -0.2) is 0 Å². The summed E-state index contributed by atoms with van der Waals surface area (Å²) in [5.74, 6) is 7.20. The van der Waals surface area contributed by atoms with Gasteiger partial charge in [0.1, 0.15) is 5.75 Å². The number of aryl methyl sites for hydroxylation is 1. The molecule has 110 valence electrons. The van der Waals surface area contributed by atoms with Crippen LogP contribution in [0.3, 0.4) is 0 Å². The van der Waals surface area contributed by atoms with Gasteiger partial charge in [0.25, 0.3) is 0 Å². The van der Waals surface area contributed by atoms with Crippen LogP contribution in [0.2, 0.25) is 0 Å². The summed E-state index contributed by atoms with van der Waals surface area (Å²) in [6, 6.07) is 17.0. The third-order valence-electron chi connectivity index (χ3n) is 4.29. The Hall–Kier alpha value is -1.84. The number of hydrogen-bond donors (Lipinski definition) is 2. The van der Waals surface area contributed by atoms with E-state index in [-0.39, 0.29) is 6.04 Å². The van der Waals surface area contributed by atoms with Crippen molar-refractivity contribution in [3.05, 3.63) is 65.2 Å². The molecule has 0 amide bonds. The van der Waals surface area contributed by atoms with Crippen molar-refractivity contribution in [3.8, 4) is 5.75 Å². The van der Waals surface area contributed by atoms with E-state index in [1.165, 1.54) is 16.7 Å². The predicted octanol–water partition coefficient (Wildman–Crippen LogP) is 3.32. The standard InChI is InChI=1S/C18H22N2O/c1-2-21-15-8-5-7-14(12-15)18(20-19)17-11-10-13-6-3-4-9-16(13)17/h3-9,12,17-18,20H,2,10-11,19H2,1H3. The minimum atomic E-state index is 0.119. The van der Waals surface area contributed by atoms with Gasteiger partial charge >= 0.3 is 0 Å². The molecule has 2 aromatic carbocycles. The zero-order valence-corrected chi connectivity index (χ0v) is 12.4. The first-order valence-corrected chi connectivity index (χ1v) is 7.60. The summed E-state index contributed by atoms with van der Waals surface area (Å²) >= 11 is 0. The third kappa shape index (κ3) is 2.80. The molecule has 3 rings (SSSR count). The van der Waals surface area contributed by atoms with Crippen molar-refractivity contribution < 1.29 is 4.74 Å². The molecule has 2 atom stereocenters. The maximum Gasteiger partial charge on any atom is 0.119 e. The molecule has 0 spiro atoms. The lowest BCUT2D eigenvalue weighted by molar-refractivity contribution is 0.338. The van der Waals surface area contributed by atoms with Crippen LogP contribution in [0.4, 0.5) is 0 Å². The first-order valence-electron chi connectivity index (χ1n) is 7.60. The molecule has 0 saturated carbocycles. The Kier molecular flexibility index (Phi) is 4.23. The summed E-state index contributed by atoms with van der Waals surface area (Å²) in [4.78, 5) is 0. The average Bonchev–Trinajstić information content (AvgIpc) is 2.93. The number of hydrazine groups is 1. The van der Waals surface area contributed by atoms with Crippen LogP contribution in [-0.4, -0.2) is 6.61 Å². The Morgan fingerprint density at radius 2 is 2.10 bits per heavy atom. The molecule has 21 heavy (non-hydrogen) atoms. The second-order valence-electron chi connectivity index (χ2n) is 5.49. The van der Waals surface area contributed by atoms with Crippen LogP contribution >= 0.6 is 0 Å². The van der Waals surface area contributed by atoms with E-state index in [1.807, 2.05) is 19.1 Å². The Morgan fingerprint density at radius 1 is 1.24 bits per heavy atom. The van der Waals surface area contributed by atoms with Gasteiger partial charge in [-0.15, -0.1) is 0 Å². The fourth-order valence-electron chi connectivity index (χ4n) is 3.35. The van der Waals surface area contributed by atoms with Crippen LogP contribution in [0.1, 0.15) is 42.0 Å². The Bertz CT molecular complexity index is 612. The molecule has 0 aliphatic heterocycles. The zero-order chi connectivity index (χ0) is 14.7. The van der Waals surface area contributed by atoms with Gasteiger partial charge in [-0.1, -0.05) is 36.4 Å². The number of nitrogens with one attached hydrogen (secondary N) is 1. The van der Waals surface area contributed by atoms with Gasteiger partial charge in [-0.2, -0.15) is 0 Å². The Labute approximate surface area is 126 Å². The van der Waals surface area contributed by atoms with Gasteiger partial charge in [0.15, 0.2) is 0 Å². The Balaban J connectivity index is 1.91. The van der Waals surface area contributed by atoms with Crippen LogP contribution in [0.5, 0.6) is 5.75 Å². The predicted molar refractivity (Wildman–Crippen MR) is 85.2 cm³/mol. The number of hydrogen-bond acceptors (Lipinski definition) is 3. The first-order chi connectivity index (χ1) is 10.3. The molecule has 2 aromatic rings. The van der Waals surface area contributed by atoms with E-state index in [0.29, 0.717) is 12.5 Å². The molecule has 1 aliphatic carbocycles. The van der Waals surface area contributed by atoms with E-state index >= 15 is 0 Å². The largest absolute Gasteiger partial charge is 0.494 e. The fourth-order valence-corrected chi connectivity index (χ4v) is 3.35. The maximum absolute atomic E-state index is 5.87. The van der Waals surface area contributed by atoms with Crippen molar-refractivity contribution in [1.82, 2.24) is 5.43 Å². The van der Waals surface area contributed by atoms with E-state index in [4.69, 9.17) is 10.6 Å². The normalized spacial score (nSPS) is 18.3. The van der Waals surface area contributed by atoms with E-state index < -0.39 is 0 Å². The van der Waals surface area contributed by atoms with Crippen LogP contribution < -0.4 is 16.0 Å². The van der Waals surface area contributed by atoms with Gasteiger partial charge in [0.05, 0.1) is 12.6 Å². The minimum absolute atomic E-state index is 0.119. The summed E-state index contributed by atoms with van der Waals surface area (Å²) in [5.41, 5.74) is 7.07. The second-order valence-corrected chi connectivity index (χ2v) is 5.49. The second kappa shape index (κ2) is 6.29. The molecule has 3 nitrogen and oxygen atoms in total. The van der Waals surface area contributed by atoms with Crippen molar-refractivity contribution in [2.75, 3.05) is 6.61 Å². The topological polar surface area (TPSA) is 47.3 Å². The average molecular weight is 282 g/mol. The number of rotatable bonds is 5. The quantitative estimate of drug-likeness (QED) is 0.653. The number of nitrogens with two attached hydrogens (primary N) is 1. The van der Waals surface area contributed by atoms with Gasteiger partial charge in [0, 0.05) is 5.92 Å². The van der Waals surface area contributed by atoms with Crippen molar-refractivity contribution in [2.24, 2.45) is 5.84 Å². The summed E-state index contributed by atoms with van der Waals surface area (Å²) in [7, 11) is 0. The molecule has 0 heterocycles. The highest BCUT2D eigenvalue weighted by molar-refractivity contribution is 5.39. The van der Waals surface area contributed by atoms with Gasteiger partial charge in [0.2, 0.25) is 0 Å². The summed E-state index contributed by atoms with van der Waals surface area (Å²) < 4.78 is 5.60. The van der Waals surface area contributed by atoms with Crippen LogP contribution in [0.25, 0.3) is 0 Å². The minimum Gasteiger partial charge on any atom is -0.494 e. The van der Waals surface area contributed by atoms with Gasteiger partial charge in [-0.05, 0) is 48.6 Å². The molecule has 0 aromatic heterocycles. The SMILES string of the molecule is CCOc1cccc(C(NN)C2CCc3ccccc32)c1. The molecule has 3 heteroatoms. The highest BCUT2D eigenvalue weighted by Gasteiger charge is 2.30. The molecule has 0 radical (unpaired) electrons. The summed E-state index contributed by atoms with van der Waals surface area (Å²) in [6.07, 6.45) is 2.26. The van der Waals surface area contributed by atoms with E-state index in [9.17, 15) is 0 Å². The summed E-state index contributed by atoms with van der Waals surface area (Å²) in [5, 5.41) is 0. The van der Waals surface area contributed by atoms with E-state index in [0.717, 1.165) is 18.6 Å². The molecule has 2 unspecified atom stereocenters. The lowest BCUT2D eigenvalue weighted by Gasteiger charge is -2.24. The maximum atomic E-state index is 5.87. The third-order valence-corrected chi connectivity index (χ3v) is 4.29. The zero-order valence-electron chi connectivity index (χ0n) is 12.4. The molecule has 0 bridgehead atoms. The smallest absolute Gasteiger partial charge is 0.119 e. The number of ether oxygens (including phenoxy) is 1. The summed E-state index contributed by atoms with van der Waals surface area (Å²) in [6.45, 7) is 2.68. The highest BCUT2D eigenvalue weighted by Crippen LogP contribution is 2.41. The molecular weight excluding hydrogens is 260 g/mol. The van der Waals surface area contributed by atoms with Crippen LogP contribution in [0, 0.1) is 0 Å².